The van der Waals surface area contributed by atoms with Crippen molar-refractivity contribution in [3.8, 4) is 0 Å². The van der Waals surface area contributed by atoms with Gasteiger partial charge in [-0.15, -0.1) is 0 Å². The van der Waals surface area contributed by atoms with Gasteiger partial charge in [-0.2, -0.15) is 0 Å². The molecule has 2 saturated heterocycles. The molecule has 2 fully saturated rings. The third-order valence-corrected chi connectivity index (χ3v) is 5.26. The molecule has 3 heterocycles. The zero-order valence-electron chi connectivity index (χ0n) is 15.7. The second kappa shape index (κ2) is 8.68. The number of piperazine rings is 1. The fourth-order valence-corrected chi connectivity index (χ4v) is 3.68. The van der Waals surface area contributed by atoms with E-state index in [1.54, 1.807) is 4.90 Å². The second-order valence-electron chi connectivity index (χ2n) is 7.32. The van der Waals surface area contributed by atoms with E-state index in [0.717, 1.165) is 44.1 Å². The van der Waals surface area contributed by atoms with Crippen molar-refractivity contribution in [2.75, 3.05) is 39.9 Å². The molecule has 1 aromatic heterocycles. The van der Waals surface area contributed by atoms with E-state index in [1.165, 1.54) is 0 Å². The average molecular weight is 363 g/mol. The number of amides is 2. The Morgan fingerprint density at radius 1 is 1.35 bits per heavy atom. The van der Waals surface area contributed by atoms with Gasteiger partial charge >= 0.3 is 0 Å². The molecule has 0 radical (unpaired) electrons. The molecular formula is C19H29N3O4. The van der Waals surface area contributed by atoms with Gasteiger partial charge in [0.15, 0.2) is 0 Å². The summed E-state index contributed by atoms with van der Waals surface area (Å²) in [6.07, 6.45) is 2.18. The van der Waals surface area contributed by atoms with Crippen LogP contribution >= 0.6 is 0 Å². The van der Waals surface area contributed by atoms with Gasteiger partial charge in [0.05, 0.1) is 19.0 Å². The molecule has 2 amide bonds. The van der Waals surface area contributed by atoms with Crippen LogP contribution < -0.4 is 5.32 Å². The Morgan fingerprint density at radius 3 is 2.81 bits per heavy atom. The smallest absolute Gasteiger partial charge is 0.237 e. The molecule has 0 bridgehead atoms. The van der Waals surface area contributed by atoms with Gasteiger partial charge in [-0.3, -0.25) is 14.5 Å². The van der Waals surface area contributed by atoms with Gasteiger partial charge in [-0.1, -0.05) is 0 Å². The third kappa shape index (κ3) is 4.86. The number of furan rings is 1. The highest BCUT2D eigenvalue weighted by Crippen LogP contribution is 2.19. The quantitative estimate of drug-likeness (QED) is 0.821. The van der Waals surface area contributed by atoms with Crippen molar-refractivity contribution in [1.82, 2.24) is 15.1 Å². The highest BCUT2D eigenvalue weighted by atomic mass is 16.5. The van der Waals surface area contributed by atoms with Crippen LogP contribution in [-0.2, 0) is 20.9 Å². The largest absolute Gasteiger partial charge is 0.465 e. The fourth-order valence-electron chi connectivity index (χ4n) is 3.68. The van der Waals surface area contributed by atoms with Crippen molar-refractivity contribution in [2.45, 2.75) is 38.8 Å². The lowest BCUT2D eigenvalue weighted by atomic mass is 9.99. The zero-order chi connectivity index (χ0) is 18.5. The zero-order valence-corrected chi connectivity index (χ0v) is 15.7. The number of ether oxygens (including phenoxy) is 1. The molecule has 2 aliphatic heterocycles. The Bertz CT molecular complexity index is 624. The van der Waals surface area contributed by atoms with E-state index in [4.69, 9.17) is 9.15 Å². The number of nitrogens with zero attached hydrogens (tertiary/aromatic N) is 2. The fraction of sp³-hybridized carbons (Fsp3) is 0.684. The standard InChI is InChI=1S/C19H29N3O4/c1-14-3-4-16(26-14)13-22-8-7-20-19(24)17(22)11-18(23)21(2)12-15-5-9-25-10-6-15/h3-4,15,17H,5-13H2,1-2H3,(H,20,24)/t17-/m0/s1. The van der Waals surface area contributed by atoms with E-state index in [1.807, 2.05) is 31.0 Å². The van der Waals surface area contributed by atoms with Crippen LogP contribution in [0.15, 0.2) is 16.5 Å². The number of hydrogen-bond acceptors (Lipinski definition) is 5. The van der Waals surface area contributed by atoms with E-state index in [-0.39, 0.29) is 18.2 Å². The maximum absolute atomic E-state index is 12.7. The highest BCUT2D eigenvalue weighted by Gasteiger charge is 2.33. The summed E-state index contributed by atoms with van der Waals surface area (Å²) in [6, 6.07) is 3.40. The molecule has 7 heteroatoms. The first-order chi connectivity index (χ1) is 12.5. The summed E-state index contributed by atoms with van der Waals surface area (Å²) >= 11 is 0. The van der Waals surface area contributed by atoms with Crippen molar-refractivity contribution in [2.24, 2.45) is 5.92 Å². The number of aryl methyl sites for hydroxylation is 1. The third-order valence-electron chi connectivity index (χ3n) is 5.26. The van der Waals surface area contributed by atoms with Gasteiger partial charge in [-0.25, -0.2) is 0 Å². The Hall–Kier alpha value is -1.86. The predicted octanol–water partition coefficient (Wildman–Crippen LogP) is 1.16. The Balaban J connectivity index is 1.58. The Labute approximate surface area is 154 Å². The van der Waals surface area contributed by atoms with Crippen LogP contribution in [0.3, 0.4) is 0 Å². The molecule has 7 nitrogen and oxygen atoms in total. The topological polar surface area (TPSA) is 75.0 Å². The minimum atomic E-state index is -0.446. The molecule has 0 unspecified atom stereocenters. The van der Waals surface area contributed by atoms with Gasteiger partial charge in [0.25, 0.3) is 0 Å². The molecule has 3 rings (SSSR count). The number of carbonyl (C=O) groups excluding carboxylic acids is 2. The van der Waals surface area contributed by atoms with Crippen LogP contribution in [0.25, 0.3) is 0 Å². The summed E-state index contributed by atoms with van der Waals surface area (Å²) in [5, 5.41) is 2.88. The molecule has 26 heavy (non-hydrogen) atoms. The molecule has 144 valence electrons. The first-order valence-electron chi connectivity index (χ1n) is 9.41. The average Bonchev–Trinajstić information content (AvgIpc) is 3.03. The summed E-state index contributed by atoms with van der Waals surface area (Å²) in [4.78, 5) is 28.9. The van der Waals surface area contributed by atoms with Crippen molar-refractivity contribution < 1.29 is 18.7 Å². The lowest BCUT2D eigenvalue weighted by molar-refractivity contribution is -0.139. The van der Waals surface area contributed by atoms with Gasteiger partial charge in [-0.05, 0) is 37.8 Å². The number of rotatable bonds is 6. The summed E-state index contributed by atoms with van der Waals surface area (Å²) < 4.78 is 11.0. The van der Waals surface area contributed by atoms with Gasteiger partial charge in [0.1, 0.15) is 11.5 Å². The van der Waals surface area contributed by atoms with Crippen molar-refractivity contribution in [1.29, 1.82) is 0 Å². The predicted molar refractivity (Wildman–Crippen MR) is 96.4 cm³/mol. The van der Waals surface area contributed by atoms with Crippen molar-refractivity contribution >= 4 is 11.8 Å². The molecule has 0 aliphatic carbocycles. The molecule has 1 atom stereocenters. The number of carbonyl (C=O) groups is 2. The number of hydrogen-bond donors (Lipinski definition) is 1. The lowest BCUT2D eigenvalue weighted by Gasteiger charge is -2.35. The summed E-state index contributed by atoms with van der Waals surface area (Å²) in [6.45, 7) is 6.03. The first-order valence-corrected chi connectivity index (χ1v) is 9.41. The van der Waals surface area contributed by atoms with E-state index >= 15 is 0 Å². The van der Waals surface area contributed by atoms with E-state index in [0.29, 0.717) is 25.6 Å². The van der Waals surface area contributed by atoms with Crippen LogP contribution in [0.1, 0.15) is 30.8 Å². The Morgan fingerprint density at radius 2 is 2.12 bits per heavy atom. The summed E-state index contributed by atoms with van der Waals surface area (Å²) in [7, 11) is 1.83. The molecule has 1 aromatic rings. The maximum Gasteiger partial charge on any atom is 0.237 e. The number of nitrogens with one attached hydrogen (secondary N) is 1. The van der Waals surface area contributed by atoms with E-state index < -0.39 is 6.04 Å². The molecule has 0 saturated carbocycles. The van der Waals surface area contributed by atoms with E-state index in [9.17, 15) is 9.59 Å². The molecule has 2 aliphatic rings. The summed E-state index contributed by atoms with van der Waals surface area (Å²) in [5.74, 6) is 2.10. The van der Waals surface area contributed by atoms with Gasteiger partial charge < -0.3 is 19.4 Å². The molecular weight excluding hydrogens is 334 g/mol. The second-order valence-corrected chi connectivity index (χ2v) is 7.32. The molecule has 1 N–H and O–H groups in total. The van der Waals surface area contributed by atoms with Crippen LogP contribution in [0.4, 0.5) is 0 Å². The SMILES string of the molecule is Cc1ccc(CN2CCNC(=O)[C@@H]2CC(=O)N(C)CC2CCOCC2)o1. The van der Waals surface area contributed by atoms with Crippen LogP contribution in [0.5, 0.6) is 0 Å². The minimum Gasteiger partial charge on any atom is -0.465 e. The maximum atomic E-state index is 12.7. The first kappa shape index (κ1) is 18.9. The normalized spacial score (nSPS) is 22.2. The van der Waals surface area contributed by atoms with E-state index in [2.05, 4.69) is 5.32 Å². The van der Waals surface area contributed by atoms with Crippen molar-refractivity contribution in [3.63, 3.8) is 0 Å². The van der Waals surface area contributed by atoms with Crippen LogP contribution in [0.2, 0.25) is 0 Å². The molecule has 0 aromatic carbocycles. The van der Waals surface area contributed by atoms with Crippen molar-refractivity contribution in [3.05, 3.63) is 23.7 Å². The lowest BCUT2D eigenvalue weighted by Crippen LogP contribution is -2.56. The van der Waals surface area contributed by atoms with Gasteiger partial charge in [0, 0.05) is 39.9 Å². The van der Waals surface area contributed by atoms with Crippen LogP contribution in [-0.4, -0.2) is 67.6 Å². The Kier molecular flexibility index (Phi) is 6.32. The molecule has 0 spiro atoms. The van der Waals surface area contributed by atoms with Crippen LogP contribution in [0, 0.1) is 12.8 Å². The summed E-state index contributed by atoms with van der Waals surface area (Å²) in [5.41, 5.74) is 0. The van der Waals surface area contributed by atoms with Gasteiger partial charge in [0.2, 0.25) is 11.8 Å². The minimum absolute atomic E-state index is 0.0131. The highest BCUT2D eigenvalue weighted by molar-refractivity contribution is 5.88. The monoisotopic (exact) mass is 363 g/mol.